The number of ether oxygens (including phenoxy) is 4. The number of allylic oxidation sites excluding steroid dienone is 32. The van der Waals surface area contributed by atoms with Crippen LogP contribution < -0.4 is 0 Å². The molecule has 0 aromatic heterocycles. The number of unbranched alkanes of at least 4 members (excludes halogenated alkanes) is 18. The van der Waals surface area contributed by atoms with Gasteiger partial charge in [-0.2, -0.15) is 0 Å². The Labute approximate surface area is 666 Å². The van der Waals surface area contributed by atoms with Gasteiger partial charge in [0.25, 0.3) is 0 Å². The van der Waals surface area contributed by atoms with E-state index >= 15 is 0 Å². The SMILES string of the molecule is CC/C=C\C/C=C\C/C=C\C/C=C\C/C=C\C/C=C\CCC(=O)OC[C@H](COP(=O)(O)OC[C@@H](O)COP(=O)(O)OC[C@@H](COC(=O)CCCCCCCCCCCCCCCCC)OC(=O)CC/C=C\C/C=C\C/C=C\C/C=C\C/C=C\C/C=C\CC)OC(=O)CCC/C=C\C/C=C\C/C=C\C/C=C\CCCCC. The van der Waals surface area contributed by atoms with Crippen molar-refractivity contribution in [2.45, 2.75) is 316 Å². The van der Waals surface area contributed by atoms with E-state index in [-0.39, 0.29) is 25.7 Å². The second-order valence-corrected chi connectivity index (χ2v) is 29.9. The third-order valence-corrected chi connectivity index (χ3v) is 18.5. The van der Waals surface area contributed by atoms with E-state index in [1.54, 1.807) is 0 Å². The van der Waals surface area contributed by atoms with Gasteiger partial charge in [0, 0.05) is 25.7 Å². The van der Waals surface area contributed by atoms with Crippen LogP contribution >= 0.6 is 15.6 Å². The summed E-state index contributed by atoms with van der Waals surface area (Å²) in [6, 6.07) is 0. The maximum Gasteiger partial charge on any atom is 0.472 e. The molecule has 0 aliphatic rings. The van der Waals surface area contributed by atoms with Crippen molar-refractivity contribution in [3.05, 3.63) is 194 Å². The fourth-order valence-electron chi connectivity index (χ4n) is 10.3. The minimum Gasteiger partial charge on any atom is -0.462 e. The number of aliphatic hydroxyl groups is 1. The third-order valence-electron chi connectivity index (χ3n) is 16.6. The van der Waals surface area contributed by atoms with Crippen molar-refractivity contribution in [2.75, 3.05) is 39.6 Å². The lowest BCUT2D eigenvalue weighted by Gasteiger charge is -2.21. The molecule has 0 aliphatic heterocycles. The summed E-state index contributed by atoms with van der Waals surface area (Å²) in [7, 11) is -10.0. The average Bonchev–Trinajstić information content (AvgIpc) is 0.906. The molecule has 622 valence electrons. The van der Waals surface area contributed by atoms with Crippen LogP contribution in [0.25, 0.3) is 0 Å². The average molecular weight is 1570 g/mol. The Balaban J connectivity index is 5.58. The van der Waals surface area contributed by atoms with Gasteiger partial charge in [0.1, 0.15) is 19.3 Å². The van der Waals surface area contributed by atoms with Crippen LogP contribution in [0, 0.1) is 0 Å². The van der Waals surface area contributed by atoms with Crippen molar-refractivity contribution in [3.63, 3.8) is 0 Å². The van der Waals surface area contributed by atoms with Gasteiger partial charge in [-0.1, -0.05) is 325 Å². The molecule has 0 bridgehead atoms. The molecule has 110 heavy (non-hydrogen) atoms. The molecule has 17 nitrogen and oxygen atoms in total. The highest BCUT2D eigenvalue weighted by Gasteiger charge is 2.30. The second-order valence-electron chi connectivity index (χ2n) is 27.0. The second kappa shape index (κ2) is 80.9. The Morgan fingerprint density at radius 2 is 0.500 bits per heavy atom. The number of hydrogen-bond acceptors (Lipinski definition) is 15. The zero-order valence-corrected chi connectivity index (χ0v) is 69.9. The summed E-state index contributed by atoms with van der Waals surface area (Å²) in [5.41, 5.74) is 0. The van der Waals surface area contributed by atoms with E-state index in [0.29, 0.717) is 44.9 Å². The third kappa shape index (κ3) is 80.0. The molecule has 5 atom stereocenters. The number of rotatable bonds is 76. The summed E-state index contributed by atoms with van der Waals surface area (Å²) in [6.45, 7) is 4.38. The smallest absolute Gasteiger partial charge is 0.462 e. The zero-order valence-electron chi connectivity index (χ0n) is 68.1. The number of aliphatic hydroxyl groups excluding tert-OH is 1. The fourth-order valence-corrected chi connectivity index (χ4v) is 11.9. The maximum atomic E-state index is 13.1. The summed E-state index contributed by atoms with van der Waals surface area (Å²) in [5.74, 6) is -2.45. The highest BCUT2D eigenvalue weighted by atomic mass is 31.2. The van der Waals surface area contributed by atoms with Gasteiger partial charge in [0.2, 0.25) is 0 Å². The standard InChI is InChI=1S/C91H146O17P2/c1-5-9-13-17-21-25-29-33-37-40-42-45-48-52-56-60-64-68-72-76-89(94)102-82-87(107-90(95)77-73-69-65-61-57-53-49-44-39-35-31-27-23-19-15-11-7-3)84-106-110(99,100)104-80-85(92)79-103-109(97,98)105-83-86(81-101-88(93)75-71-67-63-59-55-51-47-36-32-28-24-20-16-12-8-4)108-91(96)78-74-70-66-62-58-54-50-46-43-41-38-34-30-26-22-18-14-10-6-2/h9-10,13-14,21-23,25-27,33-35,37-39,42-43,45-46,49,52-54,56,58,61,64-66,68,70,85-87,92H,5-8,11-12,15-20,24,28-32,36,40-41,44,47-48,50-51,55,57,59-60,62-63,67,69,71-84H2,1-4H3,(H,97,98)(H,99,100)/b13-9-,14-10-,25-21-,26-22-,27-23-,37-33-,38-34-,39-35-,45-42-,46-43-,53-49-,56-52-,58-54-,65-61-,68-64-,70-66-/t85-,86+,87+/m0/s1. The predicted octanol–water partition coefficient (Wildman–Crippen LogP) is 24.9. The Morgan fingerprint density at radius 1 is 0.264 bits per heavy atom. The number of carbonyl (C=O) groups excluding carboxylic acids is 4. The zero-order chi connectivity index (χ0) is 80.3. The van der Waals surface area contributed by atoms with Gasteiger partial charge in [-0.15, -0.1) is 0 Å². The fraction of sp³-hybridized carbons (Fsp3) is 0.604. The molecule has 0 aromatic carbocycles. The molecule has 0 saturated carbocycles. The lowest BCUT2D eigenvalue weighted by Crippen LogP contribution is -2.30. The van der Waals surface area contributed by atoms with E-state index in [9.17, 15) is 43.2 Å². The van der Waals surface area contributed by atoms with E-state index in [2.05, 4.69) is 174 Å². The van der Waals surface area contributed by atoms with Gasteiger partial charge in [0.05, 0.1) is 26.4 Å². The quantitative estimate of drug-likeness (QED) is 0.0169. The first-order valence-electron chi connectivity index (χ1n) is 41.7. The summed E-state index contributed by atoms with van der Waals surface area (Å²) in [5, 5.41) is 10.7. The normalized spacial score (nSPS) is 14.8. The van der Waals surface area contributed by atoms with Gasteiger partial charge >= 0.3 is 39.5 Å². The number of hydrogen-bond donors (Lipinski definition) is 3. The van der Waals surface area contributed by atoms with Crippen LogP contribution in [0.15, 0.2) is 194 Å². The summed E-state index contributed by atoms with van der Waals surface area (Å²) in [4.78, 5) is 73.1. The van der Waals surface area contributed by atoms with Gasteiger partial charge in [-0.25, -0.2) is 9.13 Å². The van der Waals surface area contributed by atoms with Crippen LogP contribution in [-0.4, -0.2) is 96.7 Å². The molecular formula is C91H146O17P2. The number of phosphoric ester groups is 2. The van der Waals surface area contributed by atoms with E-state index in [1.165, 1.54) is 83.5 Å². The van der Waals surface area contributed by atoms with Crippen LogP contribution in [-0.2, 0) is 65.4 Å². The van der Waals surface area contributed by atoms with Crippen LogP contribution in [0.3, 0.4) is 0 Å². The molecule has 0 radical (unpaired) electrons. The van der Waals surface area contributed by atoms with Crippen LogP contribution in [0.2, 0.25) is 0 Å². The maximum absolute atomic E-state index is 13.1. The van der Waals surface area contributed by atoms with Crippen molar-refractivity contribution >= 4 is 39.5 Å². The van der Waals surface area contributed by atoms with Crippen LogP contribution in [0.5, 0.6) is 0 Å². The van der Waals surface area contributed by atoms with Gasteiger partial charge in [-0.05, 0) is 141 Å². The highest BCUT2D eigenvalue weighted by Crippen LogP contribution is 2.45. The molecule has 0 heterocycles. The van der Waals surface area contributed by atoms with Crippen molar-refractivity contribution < 1.29 is 80.2 Å². The molecule has 3 N–H and O–H groups in total. The topological polar surface area (TPSA) is 237 Å². The highest BCUT2D eigenvalue weighted by molar-refractivity contribution is 7.47. The lowest BCUT2D eigenvalue weighted by molar-refractivity contribution is -0.161. The predicted molar refractivity (Wildman–Crippen MR) is 454 cm³/mol. The molecule has 0 rings (SSSR count). The van der Waals surface area contributed by atoms with Crippen LogP contribution in [0.1, 0.15) is 297 Å². The minimum atomic E-state index is -5.03. The first-order chi connectivity index (χ1) is 53.7. The molecular weight excluding hydrogens is 1430 g/mol. The molecule has 2 unspecified atom stereocenters. The first kappa shape index (κ1) is 104. The molecule has 0 amide bonds. The molecule has 19 heteroatoms. The number of phosphoric acid groups is 2. The monoisotopic (exact) mass is 1570 g/mol. The minimum absolute atomic E-state index is 0.00629. The van der Waals surface area contributed by atoms with Crippen LogP contribution in [0.4, 0.5) is 0 Å². The summed E-state index contributed by atoms with van der Waals surface area (Å²) in [6.07, 6.45) is 100. The Kier molecular flexibility index (Phi) is 76.4. The van der Waals surface area contributed by atoms with Gasteiger partial charge < -0.3 is 33.8 Å². The molecule has 0 fully saturated rings. The Bertz CT molecular complexity index is 2850. The van der Waals surface area contributed by atoms with Crippen molar-refractivity contribution in [1.29, 1.82) is 0 Å². The first-order valence-corrected chi connectivity index (χ1v) is 44.7. The van der Waals surface area contributed by atoms with E-state index in [0.717, 1.165) is 116 Å². The molecule has 0 saturated heterocycles. The molecule has 0 aromatic rings. The van der Waals surface area contributed by atoms with Gasteiger partial charge in [0.15, 0.2) is 12.2 Å². The number of esters is 4. The Hall–Kier alpha value is -6.10. The summed E-state index contributed by atoms with van der Waals surface area (Å²) >= 11 is 0. The molecule has 0 spiro atoms. The van der Waals surface area contributed by atoms with E-state index in [1.807, 2.05) is 48.6 Å². The van der Waals surface area contributed by atoms with E-state index < -0.39 is 97.5 Å². The number of carbonyl (C=O) groups is 4. The summed E-state index contributed by atoms with van der Waals surface area (Å²) < 4.78 is 68.5. The van der Waals surface area contributed by atoms with E-state index in [4.69, 9.17) is 37.0 Å². The van der Waals surface area contributed by atoms with Gasteiger partial charge in [-0.3, -0.25) is 37.3 Å². The van der Waals surface area contributed by atoms with Crippen molar-refractivity contribution in [1.82, 2.24) is 0 Å². The lowest BCUT2D eigenvalue weighted by atomic mass is 10.0. The van der Waals surface area contributed by atoms with Crippen molar-refractivity contribution in [2.24, 2.45) is 0 Å². The van der Waals surface area contributed by atoms with Crippen molar-refractivity contribution in [3.8, 4) is 0 Å². The largest absolute Gasteiger partial charge is 0.472 e. The Morgan fingerprint density at radius 3 is 0.827 bits per heavy atom. The molecule has 0 aliphatic carbocycles.